The Hall–Kier alpha value is -2.99. The van der Waals surface area contributed by atoms with Gasteiger partial charge in [0, 0.05) is 57.2 Å². The van der Waals surface area contributed by atoms with Crippen molar-refractivity contribution in [3.05, 3.63) is 95.3 Å². The highest BCUT2D eigenvalue weighted by atomic mass is 16.5. The van der Waals surface area contributed by atoms with E-state index in [0.29, 0.717) is 6.54 Å². The molecule has 1 aliphatic heterocycles. The van der Waals surface area contributed by atoms with E-state index in [2.05, 4.69) is 39.0 Å². The summed E-state index contributed by atoms with van der Waals surface area (Å²) in [5, 5.41) is 10.7. The lowest BCUT2D eigenvalue weighted by atomic mass is 9.84. The summed E-state index contributed by atoms with van der Waals surface area (Å²) in [6.07, 6.45) is 14.0. The fourth-order valence-corrected chi connectivity index (χ4v) is 5.67. The molecule has 0 amide bonds. The molecule has 1 aliphatic carbocycles. The first-order valence-corrected chi connectivity index (χ1v) is 14.2. The molecule has 38 heavy (non-hydrogen) atoms. The number of pyridine rings is 1. The molecule has 1 atom stereocenters. The molecule has 5 rings (SSSR count). The smallest absolute Gasteiger partial charge is 0.126 e. The minimum Gasteiger partial charge on any atom is -0.490 e. The summed E-state index contributed by atoms with van der Waals surface area (Å²) < 4.78 is 6.03. The zero-order valence-electron chi connectivity index (χ0n) is 22.4. The number of β-amino-alcohol motifs (C(OH)–C–C–N with tert-alkyl or cyclic N) is 1. The van der Waals surface area contributed by atoms with Crippen LogP contribution in [0.25, 0.3) is 12.2 Å². The van der Waals surface area contributed by atoms with Gasteiger partial charge in [0.25, 0.3) is 0 Å². The van der Waals surface area contributed by atoms with Crippen molar-refractivity contribution in [2.45, 2.75) is 50.7 Å². The number of aromatic nitrogens is 1. The number of hydrogen-bond acceptors (Lipinski definition) is 5. The van der Waals surface area contributed by atoms with Gasteiger partial charge in [-0.2, -0.15) is 0 Å². The maximum Gasteiger partial charge on any atom is 0.126 e. The predicted octanol–water partition coefficient (Wildman–Crippen LogP) is 5.86. The number of rotatable bonds is 10. The van der Waals surface area contributed by atoms with Crippen molar-refractivity contribution < 1.29 is 9.84 Å². The molecule has 0 radical (unpaired) electrons. The normalized spacial score (nSPS) is 18.6. The van der Waals surface area contributed by atoms with Crippen molar-refractivity contribution in [1.82, 2.24) is 14.8 Å². The molecule has 0 bridgehead atoms. The molecule has 5 heteroatoms. The first-order valence-electron chi connectivity index (χ1n) is 14.2. The lowest BCUT2D eigenvalue weighted by molar-refractivity contribution is 0.0446. The molecule has 2 heterocycles. The van der Waals surface area contributed by atoms with E-state index in [4.69, 9.17) is 4.74 Å². The lowest BCUT2D eigenvalue weighted by Crippen LogP contribution is -2.48. The van der Waals surface area contributed by atoms with E-state index < -0.39 is 6.10 Å². The van der Waals surface area contributed by atoms with Crippen LogP contribution in [0.1, 0.15) is 60.3 Å². The maximum atomic E-state index is 10.7. The molecule has 2 aromatic carbocycles. The van der Waals surface area contributed by atoms with Crippen molar-refractivity contribution in [1.29, 1.82) is 0 Å². The van der Waals surface area contributed by atoms with Crippen LogP contribution in [0.3, 0.4) is 0 Å². The van der Waals surface area contributed by atoms with E-state index in [0.717, 1.165) is 55.5 Å². The summed E-state index contributed by atoms with van der Waals surface area (Å²) in [4.78, 5) is 9.04. The Balaban J connectivity index is 1.04. The third kappa shape index (κ3) is 7.76. The van der Waals surface area contributed by atoms with E-state index in [1.165, 1.54) is 43.2 Å². The molecule has 1 N–H and O–H groups in total. The summed E-state index contributed by atoms with van der Waals surface area (Å²) >= 11 is 0. The molecule has 5 nitrogen and oxygen atoms in total. The molecule has 1 aromatic heterocycles. The largest absolute Gasteiger partial charge is 0.490 e. The Morgan fingerprint density at radius 1 is 0.868 bits per heavy atom. The summed E-state index contributed by atoms with van der Waals surface area (Å²) in [6.45, 7) is 5.93. The maximum absolute atomic E-state index is 10.7. The molecule has 2 fully saturated rings. The van der Waals surface area contributed by atoms with Gasteiger partial charge < -0.3 is 9.84 Å². The Morgan fingerprint density at radius 3 is 2.39 bits per heavy atom. The van der Waals surface area contributed by atoms with Gasteiger partial charge in [0.05, 0.1) is 0 Å². The SMILES string of the molecule is OC(COc1ccccc1/C=C/c1cccnc1)CN1CCN(Cc2ccc(C3CCCCC3)cc2)CC1. The molecule has 2 aliphatic rings. The van der Waals surface area contributed by atoms with Crippen LogP contribution in [0.2, 0.25) is 0 Å². The minimum atomic E-state index is -0.524. The van der Waals surface area contributed by atoms with Crippen molar-refractivity contribution in [3.63, 3.8) is 0 Å². The van der Waals surface area contributed by atoms with Crippen LogP contribution in [0.15, 0.2) is 73.1 Å². The second-order valence-electron chi connectivity index (χ2n) is 10.8. The Labute approximate surface area is 227 Å². The summed E-state index contributed by atoms with van der Waals surface area (Å²) in [5.41, 5.74) is 4.96. The average Bonchev–Trinajstić information content (AvgIpc) is 2.98. The van der Waals surface area contributed by atoms with Gasteiger partial charge in [-0.05, 0) is 47.6 Å². The zero-order valence-corrected chi connectivity index (χ0v) is 22.4. The van der Waals surface area contributed by atoms with Crippen LogP contribution in [0.4, 0.5) is 0 Å². The molecule has 3 aromatic rings. The molecule has 1 saturated heterocycles. The van der Waals surface area contributed by atoms with Crippen molar-refractivity contribution in [2.75, 3.05) is 39.3 Å². The lowest BCUT2D eigenvalue weighted by Gasteiger charge is -2.35. The van der Waals surface area contributed by atoms with Crippen molar-refractivity contribution in [2.24, 2.45) is 0 Å². The number of ether oxygens (including phenoxy) is 1. The third-order valence-corrected chi connectivity index (χ3v) is 7.89. The van der Waals surface area contributed by atoms with Gasteiger partial charge in [-0.3, -0.25) is 14.8 Å². The molecule has 200 valence electrons. The number of nitrogens with zero attached hydrogens (tertiary/aromatic N) is 3. The highest BCUT2D eigenvalue weighted by Gasteiger charge is 2.20. The summed E-state index contributed by atoms with van der Waals surface area (Å²) in [7, 11) is 0. The van der Waals surface area contributed by atoms with Crippen molar-refractivity contribution >= 4 is 12.2 Å². The van der Waals surface area contributed by atoms with E-state index in [9.17, 15) is 5.11 Å². The number of aliphatic hydroxyl groups excluding tert-OH is 1. The van der Waals surface area contributed by atoms with Crippen LogP contribution in [0, 0.1) is 0 Å². The number of aliphatic hydroxyl groups is 1. The fraction of sp³-hybridized carbons (Fsp3) is 0.424. The average molecular weight is 512 g/mol. The summed E-state index contributed by atoms with van der Waals surface area (Å²) in [5.74, 6) is 1.56. The highest BCUT2D eigenvalue weighted by Crippen LogP contribution is 2.32. The third-order valence-electron chi connectivity index (χ3n) is 7.89. The summed E-state index contributed by atoms with van der Waals surface area (Å²) in [6, 6.07) is 21.3. The Bertz CT molecular complexity index is 1130. The second-order valence-corrected chi connectivity index (χ2v) is 10.8. The van der Waals surface area contributed by atoms with Crippen LogP contribution >= 0.6 is 0 Å². The fourth-order valence-electron chi connectivity index (χ4n) is 5.67. The topological polar surface area (TPSA) is 48.8 Å². The van der Waals surface area contributed by atoms with Gasteiger partial charge in [0.2, 0.25) is 0 Å². The van der Waals surface area contributed by atoms with Gasteiger partial charge in [-0.1, -0.05) is 79.9 Å². The molecule has 0 spiro atoms. The Kier molecular flexibility index (Phi) is 9.59. The first kappa shape index (κ1) is 26.6. The number of benzene rings is 2. The Morgan fingerprint density at radius 2 is 1.63 bits per heavy atom. The van der Waals surface area contributed by atoms with Crippen molar-refractivity contribution in [3.8, 4) is 5.75 Å². The molecule has 1 saturated carbocycles. The number of para-hydroxylation sites is 1. The van der Waals surface area contributed by atoms with Crippen LogP contribution < -0.4 is 4.74 Å². The molecular formula is C33H41N3O2. The second kappa shape index (κ2) is 13.7. The monoisotopic (exact) mass is 511 g/mol. The van der Waals surface area contributed by atoms with Gasteiger partial charge in [-0.25, -0.2) is 0 Å². The standard InChI is InChI=1S/C33H41N3O2/c37-32(26-38-33-11-5-4-10-31(33)17-12-27-7-6-18-34-23-27)25-36-21-19-35(20-22-36)24-28-13-15-30(16-14-28)29-8-2-1-3-9-29/h4-7,10-18,23,29,32,37H,1-3,8-9,19-22,24-26H2/b17-12+. The highest BCUT2D eigenvalue weighted by molar-refractivity contribution is 5.72. The van der Waals surface area contributed by atoms with E-state index in [1.807, 2.05) is 54.7 Å². The first-order chi connectivity index (χ1) is 18.7. The van der Waals surface area contributed by atoms with Crippen LogP contribution in [-0.4, -0.2) is 65.3 Å². The zero-order chi connectivity index (χ0) is 26.0. The quantitative estimate of drug-likeness (QED) is 0.370. The predicted molar refractivity (Wildman–Crippen MR) is 155 cm³/mol. The van der Waals surface area contributed by atoms with Gasteiger partial charge in [0.1, 0.15) is 18.5 Å². The number of hydrogen-bond donors (Lipinski definition) is 1. The van der Waals surface area contributed by atoms with Gasteiger partial charge >= 0.3 is 0 Å². The van der Waals surface area contributed by atoms with Gasteiger partial charge in [-0.15, -0.1) is 0 Å². The van der Waals surface area contributed by atoms with Crippen LogP contribution in [0.5, 0.6) is 5.75 Å². The minimum absolute atomic E-state index is 0.283. The van der Waals surface area contributed by atoms with E-state index >= 15 is 0 Å². The van der Waals surface area contributed by atoms with E-state index in [1.54, 1.807) is 6.20 Å². The number of piperazine rings is 1. The van der Waals surface area contributed by atoms with Gasteiger partial charge in [0.15, 0.2) is 0 Å². The van der Waals surface area contributed by atoms with Crippen LogP contribution in [-0.2, 0) is 6.54 Å². The van der Waals surface area contributed by atoms with E-state index in [-0.39, 0.29) is 6.61 Å². The molecule has 1 unspecified atom stereocenters. The molecular weight excluding hydrogens is 470 g/mol.